The third-order valence-corrected chi connectivity index (χ3v) is 7.64. The maximum atomic E-state index is 13.8. The van der Waals surface area contributed by atoms with Crippen LogP contribution in [0, 0.1) is 17.8 Å². The highest BCUT2D eigenvalue weighted by Crippen LogP contribution is 2.53. The number of nitrogens with zero attached hydrogens (tertiary/aromatic N) is 1. The van der Waals surface area contributed by atoms with E-state index in [9.17, 15) is 34.5 Å². The maximum Gasteiger partial charge on any atom is 0.411 e. The van der Waals surface area contributed by atoms with Crippen LogP contribution >= 0.6 is 0 Å². The smallest absolute Gasteiger partial charge is 0.411 e. The van der Waals surface area contributed by atoms with Gasteiger partial charge in [0.2, 0.25) is 11.6 Å². The van der Waals surface area contributed by atoms with Gasteiger partial charge in [0.05, 0.1) is 23.4 Å². The van der Waals surface area contributed by atoms with Crippen LogP contribution in [0.2, 0.25) is 0 Å². The van der Waals surface area contributed by atoms with Crippen molar-refractivity contribution >= 4 is 40.7 Å². The number of benzene rings is 1. The second-order valence-corrected chi connectivity index (χ2v) is 10.8. The Balaban J connectivity index is 1.86. The molecule has 39 heavy (non-hydrogen) atoms. The third-order valence-electron chi connectivity index (χ3n) is 7.64. The van der Waals surface area contributed by atoms with E-state index in [1.54, 1.807) is 32.1 Å². The summed E-state index contributed by atoms with van der Waals surface area (Å²) in [6, 6.07) is 0.835. The van der Waals surface area contributed by atoms with Crippen molar-refractivity contribution in [1.29, 1.82) is 0 Å². The van der Waals surface area contributed by atoms with Crippen molar-refractivity contribution in [1.82, 2.24) is 5.32 Å². The number of hydrogen-bond donors (Lipinski definition) is 6. The van der Waals surface area contributed by atoms with Crippen molar-refractivity contribution in [2.45, 2.75) is 38.3 Å². The van der Waals surface area contributed by atoms with Gasteiger partial charge in [-0.15, -0.1) is 0 Å². The SMILES string of the molecule is CN[C@@H]1C=C(C(N)=O)C(=O)[C@@]2(O)C(=O)C3=C(O)c4c(O)c(NC(=O)OCC(C)C)cc(N(C)C)c4C[C@H]3C[C@@H]12. The molecule has 7 N–H and O–H groups in total. The van der Waals surface area contributed by atoms with E-state index in [-0.39, 0.29) is 42.2 Å². The van der Waals surface area contributed by atoms with E-state index < -0.39 is 64.1 Å². The van der Waals surface area contributed by atoms with Gasteiger partial charge < -0.3 is 36.0 Å². The average molecular weight is 543 g/mol. The van der Waals surface area contributed by atoms with E-state index in [4.69, 9.17) is 10.5 Å². The monoisotopic (exact) mass is 542 g/mol. The number of aromatic hydroxyl groups is 1. The Hall–Kier alpha value is -3.90. The minimum Gasteiger partial charge on any atom is -0.507 e. The molecule has 0 aromatic heterocycles. The zero-order chi connectivity index (χ0) is 29.0. The molecule has 0 bridgehead atoms. The summed E-state index contributed by atoms with van der Waals surface area (Å²) < 4.78 is 5.15. The molecule has 1 aromatic rings. The molecule has 0 heterocycles. The summed E-state index contributed by atoms with van der Waals surface area (Å²) in [5, 5.41) is 39.6. The first-order chi connectivity index (χ1) is 18.2. The molecule has 1 saturated carbocycles. The highest BCUT2D eigenvalue weighted by molar-refractivity contribution is 6.32. The lowest BCUT2D eigenvalue weighted by molar-refractivity contribution is -0.158. The molecule has 4 atom stereocenters. The Bertz CT molecular complexity index is 1330. The molecule has 210 valence electrons. The predicted molar refractivity (Wildman–Crippen MR) is 142 cm³/mol. The van der Waals surface area contributed by atoms with E-state index >= 15 is 0 Å². The van der Waals surface area contributed by atoms with E-state index in [2.05, 4.69) is 10.6 Å². The molecule has 12 heteroatoms. The number of Topliss-reactive ketones (excluding diaryl/α,β-unsaturated/α-hetero) is 2. The number of ether oxygens (including phenoxy) is 1. The third kappa shape index (κ3) is 4.43. The van der Waals surface area contributed by atoms with Crippen molar-refractivity contribution in [2.75, 3.05) is 38.0 Å². The number of aliphatic hydroxyl groups is 2. The molecular formula is C27H34N4O8. The van der Waals surface area contributed by atoms with Gasteiger partial charge in [0.15, 0.2) is 11.4 Å². The summed E-state index contributed by atoms with van der Waals surface area (Å²) in [5.41, 5.74) is 2.94. The van der Waals surface area contributed by atoms with Gasteiger partial charge in [-0.2, -0.15) is 0 Å². The van der Waals surface area contributed by atoms with Crippen LogP contribution in [0.5, 0.6) is 5.75 Å². The summed E-state index contributed by atoms with van der Waals surface area (Å²) in [5.74, 6) is -5.81. The van der Waals surface area contributed by atoms with Crippen molar-refractivity contribution < 1.29 is 39.2 Å². The number of phenolic OH excluding ortho intramolecular Hbond substituents is 1. The Morgan fingerprint density at radius 1 is 1.23 bits per heavy atom. The van der Waals surface area contributed by atoms with Crippen LogP contribution in [0.15, 0.2) is 23.3 Å². The molecule has 0 saturated heterocycles. The van der Waals surface area contributed by atoms with E-state index in [0.717, 1.165) is 0 Å². The van der Waals surface area contributed by atoms with E-state index in [1.165, 1.54) is 6.08 Å². The van der Waals surface area contributed by atoms with Gasteiger partial charge in [-0.1, -0.05) is 19.9 Å². The first-order valence-corrected chi connectivity index (χ1v) is 12.7. The topological polar surface area (TPSA) is 192 Å². The summed E-state index contributed by atoms with van der Waals surface area (Å²) in [6.45, 7) is 3.88. The number of fused-ring (bicyclic) bond motifs is 3. The van der Waals surface area contributed by atoms with Crippen LogP contribution in [-0.2, 0) is 25.5 Å². The molecule has 4 rings (SSSR count). The molecule has 1 fully saturated rings. The van der Waals surface area contributed by atoms with Crippen LogP contribution < -0.4 is 21.3 Å². The summed E-state index contributed by atoms with van der Waals surface area (Å²) in [7, 11) is 5.07. The minimum absolute atomic E-state index is 0.0559. The maximum absolute atomic E-state index is 13.8. The molecule has 1 aromatic carbocycles. The molecular weight excluding hydrogens is 508 g/mol. The zero-order valence-electron chi connectivity index (χ0n) is 22.5. The second-order valence-electron chi connectivity index (χ2n) is 10.8. The molecule has 0 aliphatic heterocycles. The van der Waals surface area contributed by atoms with Crippen molar-refractivity contribution in [3.8, 4) is 5.75 Å². The van der Waals surface area contributed by atoms with E-state index in [1.807, 2.05) is 13.8 Å². The molecule has 0 radical (unpaired) electrons. The number of hydrogen-bond acceptors (Lipinski definition) is 10. The van der Waals surface area contributed by atoms with Gasteiger partial charge in [-0.3, -0.25) is 19.7 Å². The number of nitrogens with two attached hydrogens (primary N) is 1. The van der Waals surface area contributed by atoms with Crippen molar-refractivity contribution in [2.24, 2.45) is 23.5 Å². The number of carbonyl (C=O) groups excluding carboxylic acids is 4. The number of amides is 2. The summed E-state index contributed by atoms with van der Waals surface area (Å²) in [6.07, 6.45) is 0.835. The largest absolute Gasteiger partial charge is 0.507 e. The van der Waals surface area contributed by atoms with Crippen LogP contribution in [0.3, 0.4) is 0 Å². The number of aliphatic hydroxyl groups excluding tert-OH is 1. The number of primary amides is 1. The Morgan fingerprint density at radius 2 is 1.90 bits per heavy atom. The molecule has 0 spiro atoms. The van der Waals surface area contributed by atoms with Gasteiger partial charge in [0.1, 0.15) is 5.76 Å². The molecule has 12 nitrogen and oxygen atoms in total. The zero-order valence-corrected chi connectivity index (χ0v) is 22.5. The summed E-state index contributed by atoms with van der Waals surface area (Å²) >= 11 is 0. The van der Waals surface area contributed by atoms with Gasteiger partial charge >= 0.3 is 6.09 Å². The fourth-order valence-corrected chi connectivity index (χ4v) is 5.80. The minimum atomic E-state index is -2.64. The number of phenols is 1. The Morgan fingerprint density at radius 3 is 2.46 bits per heavy atom. The van der Waals surface area contributed by atoms with E-state index in [0.29, 0.717) is 11.3 Å². The van der Waals surface area contributed by atoms with Crippen LogP contribution in [0.4, 0.5) is 16.2 Å². The molecule has 2 amide bonds. The number of carbonyl (C=O) groups is 4. The fourth-order valence-electron chi connectivity index (χ4n) is 5.80. The number of nitrogens with one attached hydrogen (secondary N) is 2. The van der Waals surface area contributed by atoms with Gasteiger partial charge in [0, 0.05) is 37.3 Å². The Kier molecular flexibility index (Phi) is 7.21. The number of rotatable bonds is 6. The number of ketones is 2. The molecule has 3 aliphatic carbocycles. The lowest BCUT2D eigenvalue weighted by Gasteiger charge is -2.48. The second kappa shape index (κ2) is 10.0. The molecule has 0 unspecified atom stereocenters. The molecule has 3 aliphatic rings. The number of anilines is 2. The standard InChI is InChI=1S/C27H34N4O8/c1-11(2)10-39-26(37)30-17-9-18(31(4)5)13-6-12-7-15-16(29-3)8-14(25(28)36)23(34)27(15,38)24(35)19(12)22(33)20(13)21(17)32/h8-9,11-12,15-16,29,32-33,38H,6-7,10H2,1-5H3,(H2,28,36)(H,30,37)/t12-,15-,16+,27+/m0/s1. The fraction of sp³-hybridized carbons (Fsp3) is 0.481. The normalized spacial score (nSPS) is 25.9. The van der Waals surface area contributed by atoms with Gasteiger partial charge in [-0.25, -0.2) is 4.79 Å². The van der Waals surface area contributed by atoms with Crippen LogP contribution in [-0.4, -0.2) is 78.3 Å². The highest BCUT2D eigenvalue weighted by Gasteiger charge is 2.62. The first kappa shape index (κ1) is 28.1. The lowest BCUT2D eigenvalue weighted by atomic mass is 9.57. The van der Waals surface area contributed by atoms with Crippen molar-refractivity contribution in [3.63, 3.8) is 0 Å². The van der Waals surface area contributed by atoms with Crippen molar-refractivity contribution in [3.05, 3.63) is 34.4 Å². The van der Waals surface area contributed by atoms with Gasteiger partial charge in [0.25, 0.3) is 5.91 Å². The Labute approximate surface area is 225 Å². The average Bonchev–Trinajstić information content (AvgIpc) is 2.86. The van der Waals surface area contributed by atoms with Crippen LogP contribution in [0.25, 0.3) is 5.76 Å². The first-order valence-electron chi connectivity index (χ1n) is 12.7. The number of likely N-dealkylation sites (N-methyl/N-ethyl adjacent to an activating group) is 1. The summed E-state index contributed by atoms with van der Waals surface area (Å²) in [4.78, 5) is 53.1. The highest BCUT2D eigenvalue weighted by atomic mass is 16.5. The van der Waals surface area contributed by atoms with Gasteiger partial charge in [-0.05, 0) is 43.4 Å². The lowest BCUT2D eigenvalue weighted by Crippen LogP contribution is -2.65. The quantitative estimate of drug-likeness (QED) is 0.172. The predicted octanol–water partition coefficient (Wildman–Crippen LogP) is 1.01. The van der Waals surface area contributed by atoms with Crippen LogP contribution in [0.1, 0.15) is 31.4 Å².